The minimum Gasteiger partial charge on any atom is -0.340 e. The number of nitrogens with zero attached hydrogens (tertiary/aromatic N) is 2. The van der Waals surface area contributed by atoms with Gasteiger partial charge in [-0.3, -0.25) is 9.59 Å². The second kappa shape index (κ2) is 6.95. The molecule has 2 heterocycles. The molecule has 2 aliphatic rings. The summed E-state index contributed by atoms with van der Waals surface area (Å²) < 4.78 is 0. The standard InChI is InChI=1S/C18H24N2O2S/c1-13-5-3-4-10-19(13)18(22)14-11-17(21)20(12-14)15-6-8-16(23-2)9-7-15/h6-9,13-14H,3-5,10-12H2,1-2H3/t13-,14+/m1/s1. The maximum absolute atomic E-state index is 12.8. The summed E-state index contributed by atoms with van der Waals surface area (Å²) in [6.45, 7) is 3.47. The van der Waals surface area contributed by atoms with Gasteiger partial charge in [0.25, 0.3) is 0 Å². The average Bonchev–Trinajstić information content (AvgIpc) is 2.96. The maximum atomic E-state index is 12.8. The number of amides is 2. The Morgan fingerprint density at radius 1 is 1.22 bits per heavy atom. The van der Waals surface area contributed by atoms with Gasteiger partial charge < -0.3 is 9.80 Å². The van der Waals surface area contributed by atoms with E-state index in [0.29, 0.717) is 19.0 Å². The summed E-state index contributed by atoms with van der Waals surface area (Å²) >= 11 is 1.68. The Morgan fingerprint density at radius 3 is 2.61 bits per heavy atom. The molecule has 1 aromatic rings. The molecule has 0 saturated carbocycles. The van der Waals surface area contributed by atoms with Crippen molar-refractivity contribution in [3.8, 4) is 0 Å². The molecule has 2 fully saturated rings. The fourth-order valence-electron chi connectivity index (χ4n) is 3.54. The van der Waals surface area contributed by atoms with Crippen molar-refractivity contribution in [2.75, 3.05) is 24.2 Å². The molecule has 0 N–H and O–H groups in total. The molecular formula is C18H24N2O2S. The first-order valence-electron chi connectivity index (χ1n) is 8.35. The molecule has 3 rings (SSSR count). The summed E-state index contributed by atoms with van der Waals surface area (Å²) in [4.78, 5) is 30.1. The normalized spacial score (nSPS) is 25.0. The molecule has 0 bridgehead atoms. The fraction of sp³-hybridized carbons (Fsp3) is 0.556. The molecule has 2 atom stereocenters. The molecule has 0 radical (unpaired) electrons. The minimum absolute atomic E-state index is 0.0601. The van der Waals surface area contributed by atoms with Crippen molar-refractivity contribution in [3.05, 3.63) is 24.3 Å². The van der Waals surface area contributed by atoms with Crippen LogP contribution in [-0.4, -0.2) is 42.1 Å². The van der Waals surface area contributed by atoms with Gasteiger partial charge in [0.05, 0.1) is 5.92 Å². The van der Waals surface area contributed by atoms with Crippen molar-refractivity contribution in [3.63, 3.8) is 0 Å². The predicted molar refractivity (Wildman–Crippen MR) is 93.7 cm³/mol. The van der Waals surface area contributed by atoms with E-state index in [4.69, 9.17) is 0 Å². The van der Waals surface area contributed by atoms with Crippen LogP contribution in [0.4, 0.5) is 5.69 Å². The summed E-state index contributed by atoms with van der Waals surface area (Å²) in [6, 6.07) is 8.30. The second-order valence-corrected chi connectivity index (χ2v) is 7.36. The number of piperidine rings is 1. The first-order valence-corrected chi connectivity index (χ1v) is 9.57. The molecule has 0 unspecified atom stereocenters. The Balaban J connectivity index is 1.70. The number of hydrogen-bond donors (Lipinski definition) is 0. The van der Waals surface area contributed by atoms with Gasteiger partial charge in [0.2, 0.25) is 11.8 Å². The third-order valence-corrected chi connectivity index (χ3v) is 5.69. The smallest absolute Gasteiger partial charge is 0.228 e. The topological polar surface area (TPSA) is 40.6 Å². The summed E-state index contributed by atoms with van der Waals surface area (Å²) in [5, 5.41) is 0. The van der Waals surface area contributed by atoms with E-state index < -0.39 is 0 Å². The van der Waals surface area contributed by atoms with Gasteiger partial charge in [-0.15, -0.1) is 11.8 Å². The molecule has 2 saturated heterocycles. The van der Waals surface area contributed by atoms with Crippen molar-refractivity contribution in [1.82, 2.24) is 4.90 Å². The van der Waals surface area contributed by atoms with Crippen molar-refractivity contribution in [2.45, 2.75) is 43.5 Å². The SMILES string of the molecule is CSc1ccc(N2C[C@@H](C(=O)N3CCCC[C@H]3C)CC2=O)cc1. The number of thioether (sulfide) groups is 1. The maximum Gasteiger partial charge on any atom is 0.228 e. The highest BCUT2D eigenvalue weighted by molar-refractivity contribution is 7.98. The Bertz CT molecular complexity index is 587. The fourth-order valence-corrected chi connectivity index (χ4v) is 3.95. The van der Waals surface area contributed by atoms with Crippen LogP contribution in [0, 0.1) is 5.92 Å². The van der Waals surface area contributed by atoms with Crippen LogP contribution in [-0.2, 0) is 9.59 Å². The van der Waals surface area contributed by atoms with Gasteiger partial charge in [-0.1, -0.05) is 0 Å². The molecular weight excluding hydrogens is 308 g/mol. The zero-order chi connectivity index (χ0) is 16.4. The number of benzene rings is 1. The first kappa shape index (κ1) is 16.4. The lowest BCUT2D eigenvalue weighted by molar-refractivity contribution is -0.139. The Morgan fingerprint density at radius 2 is 1.96 bits per heavy atom. The molecule has 2 amide bonds. The van der Waals surface area contributed by atoms with E-state index in [0.717, 1.165) is 25.1 Å². The Kier molecular flexibility index (Phi) is 4.95. The minimum atomic E-state index is -0.191. The van der Waals surface area contributed by atoms with Gasteiger partial charge in [-0.05, 0) is 56.7 Å². The Labute approximate surface area is 142 Å². The third-order valence-electron chi connectivity index (χ3n) is 4.94. The van der Waals surface area contributed by atoms with Crippen molar-refractivity contribution < 1.29 is 9.59 Å². The summed E-state index contributed by atoms with van der Waals surface area (Å²) in [7, 11) is 0. The summed E-state index contributed by atoms with van der Waals surface area (Å²) in [6.07, 6.45) is 5.72. The number of likely N-dealkylation sites (tertiary alicyclic amines) is 1. The molecule has 5 heteroatoms. The van der Waals surface area contributed by atoms with E-state index in [9.17, 15) is 9.59 Å². The number of carbonyl (C=O) groups is 2. The largest absolute Gasteiger partial charge is 0.340 e. The average molecular weight is 332 g/mol. The summed E-state index contributed by atoms with van der Waals surface area (Å²) in [5.74, 6) is 0.0296. The van der Waals surface area contributed by atoms with Crippen LogP contribution in [0.5, 0.6) is 0 Å². The molecule has 2 aliphatic heterocycles. The summed E-state index contributed by atoms with van der Waals surface area (Å²) in [5.41, 5.74) is 0.898. The lowest BCUT2D eigenvalue weighted by Gasteiger charge is -2.35. The van der Waals surface area contributed by atoms with E-state index in [1.54, 1.807) is 16.7 Å². The van der Waals surface area contributed by atoms with Crippen LogP contribution in [0.25, 0.3) is 0 Å². The van der Waals surface area contributed by atoms with Gasteiger partial charge in [0.15, 0.2) is 0 Å². The quantitative estimate of drug-likeness (QED) is 0.798. The Hall–Kier alpha value is -1.49. The van der Waals surface area contributed by atoms with E-state index in [1.165, 1.54) is 11.3 Å². The van der Waals surface area contributed by atoms with Gasteiger partial charge in [0, 0.05) is 36.1 Å². The van der Waals surface area contributed by atoms with E-state index >= 15 is 0 Å². The lowest BCUT2D eigenvalue weighted by atomic mass is 9.99. The molecule has 23 heavy (non-hydrogen) atoms. The number of rotatable bonds is 3. The zero-order valence-corrected chi connectivity index (χ0v) is 14.6. The van der Waals surface area contributed by atoms with Gasteiger partial charge in [-0.25, -0.2) is 0 Å². The van der Waals surface area contributed by atoms with E-state index in [2.05, 4.69) is 6.92 Å². The van der Waals surface area contributed by atoms with Crippen molar-refractivity contribution >= 4 is 29.3 Å². The monoisotopic (exact) mass is 332 g/mol. The van der Waals surface area contributed by atoms with Crippen LogP contribution in [0.1, 0.15) is 32.6 Å². The van der Waals surface area contributed by atoms with Gasteiger partial charge >= 0.3 is 0 Å². The zero-order valence-electron chi connectivity index (χ0n) is 13.8. The highest BCUT2D eigenvalue weighted by Gasteiger charge is 2.38. The number of hydrogen-bond acceptors (Lipinski definition) is 3. The van der Waals surface area contributed by atoms with Crippen LogP contribution in [0.2, 0.25) is 0 Å². The first-order chi connectivity index (χ1) is 11.1. The van der Waals surface area contributed by atoms with Crippen LogP contribution < -0.4 is 4.90 Å². The predicted octanol–water partition coefficient (Wildman–Crippen LogP) is 3.16. The molecule has 0 aliphatic carbocycles. The molecule has 124 valence electrons. The van der Waals surface area contributed by atoms with Crippen LogP contribution >= 0.6 is 11.8 Å². The molecule has 0 aromatic heterocycles. The van der Waals surface area contributed by atoms with E-state index in [-0.39, 0.29) is 17.7 Å². The van der Waals surface area contributed by atoms with Gasteiger partial charge in [-0.2, -0.15) is 0 Å². The highest BCUT2D eigenvalue weighted by atomic mass is 32.2. The highest BCUT2D eigenvalue weighted by Crippen LogP contribution is 2.29. The molecule has 1 aromatic carbocycles. The van der Waals surface area contributed by atoms with Crippen molar-refractivity contribution in [1.29, 1.82) is 0 Å². The van der Waals surface area contributed by atoms with Crippen LogP contribution in [0.15, 0.2) is 29.2 Å². The third kappa shape index (κ3) is 3.39. The van der Waals surface area contributed by atoms with Crippen LogP contribution in [0.3, 0.4) is 0 Å². The van der Waals surface area contributed by atoms with E-state index in [1.807, 2.05) is 35.4 Å². The number of carbonyl (C=O) groups excluding carboxylic acids is 2. The number of anilines is 1. The second-order valence-electron chi connectivity index (χ2n) is 6.48. The molecule has 4 nitrogen and oxygen atoms in total. The van der Waals surface area contributed by atoms with Gasteiger partial charge in [0.1, 0.15) is 0 Å². The lowest BCUT2D eigenvalue weighted by Crippen LogP contribution is -2.45. The van der Waals surface area contributed by atoms with Crippen molar-refractivity contribution in [2.24, 2.45) is 5.92 Å². The molecule has 0 spiro atoms.